The van der Waals surface area contributed by atoms with E-state index in [9.17, 15) is 4.79 Å². The third kappa shape index (κ3) is 4.46. The van der Waals surface area contributed by atoms with Gasteiger partial charge in [0.05, 0.1) is 23.7 Å². The molecule has 0 bridgehead atoms. The predicted molar refractivity (Wildman–Crippen MR) is 125 cm³/mol. The number of carbonyl (C=O) groups is 1. The van der Waals surface area contributed by atoms with E-state index in [-0.39, 0.29) is 17.8 Å². The third-order valence-corrected chi connectivity index (χ3v) is 6.44. The third-order valence-electron chi connectivity index (χ3n) is 6.44. The predicted octanol–water partition coefficient (Wildman–Crippen LogP) is 2.12. The van der Waals surface area contributed by atoms with Gasteiger partial charge in [-0.05, 0) is 62.1 Å². The highest BCUT2D eigenvalue weighted by Gasteiger charge is 2.20. The second kappa shape index (κ2) is 8.92. The van der Waals surface area contributed by atoms with Gasteiger partial charge < -0.3 is 20.7 Å². The van der Waals surface area contributed by atoms with Crippen LogP contribution >= 0.6 is 0 Å². The van der Waals surface area contributed by atoms with Crippen molar-refractivity contribution in [3.8, 4) is 17.1 Å². The molecule has 1 amide bonds. The fourth-order valence-electron chi connectivity index (χ4n) is 4.57. The summed E-state index contributed by atoms with van der Waals surface area (Å²) in [5.74, 6) is 0.503. The Kier molecular flexibility index (Phi) is 5.82. The molecule has 0 spiro atoms. The summed E-state index contributed by atoms with van der Waals surface area (Å²) in [6, 6.07) is 4.47. The van der Waals surface area contributed by atoms with Gasteiger partial charge in [-0.15, -0.1) is 0 Å². The van der Waals surface area contributed by atoms with Crippen molar-refractivity contribution in [3.05, 3.63) is 53.0 Å². The number of nitrogens with one attached hydrogen (secondary N) is 1. The number of aryl methyl sites for hydroxylation is 1. The number of amides is 1. The molecule has 0 unspecified atom stereocenters. The summed E-state index contributed by atoms with van der Waals surface area (Å²) in [5.41, 5.74) is 12.3. The van der Waals surface area contributed by atoms with Crippen LogP contribution in [0.25, 0.3) is 17.1 Å². The first-order chi connectivity index (χ1) is 16.0. The molecule has 3 aromatic rings. The van der Waals surface area contributed by atoms with Gasteiger partial charge in [0.15, 0.2) is 11.6 Å². The summed E-state index contributed by atoms with van der Waals surface area (Å²) in [4.78, 5) is 24.1. The number of hydrogen-bond acceptors (Lipinski definition) is 7. The molecule has 9 nitrogen and oxygen atoms in total. The van der Waals surface area contributed by atoms with Crippen molar-refractivity contribution in [2.24, 2.45) is 0 Å². The van der Waals surface area contributed by atoms with E-state index in [1.54, 1.807) is 12.4 Å². The van der Waals surface area contributed by atoms with Crippen molar-refractivity contribution in [2.45, 2.75) is 38.8 Å². The van der Waals surface area contributed by atoms with Crippen molar-refractivity contribution in [2.75, 3.05) is 32.5 Å². The fraction of sp³-hybridized carbons (Fsp3) is 0.417. The Morgan fingerprint density at radius 3 is 2.88 bits per heavy atom. The summed E-state index contributed by atoms with van der Waals surface area (Å²) in [7, 11) is 2.14. The van der Waals surface area contributed by atoms with E-state index < -0.39 is 0 Å². The molecule has 1 fully saturated rings. The highest BCUT2D eigenvalue weighted by molar-refractivity contribution is 5.94. The molecule has 2 aromatic heterocycles. The Bertz CT molecular complexity index is 1180. The van der Waals surface area contributed by atoms with Gasteiger partial charge in [-0.1, -0.05) is 0 Å². The molecule has 1 aromatic carbocycles. The van der Waals surface area contributed by atoms with Gasteiger partial charge in [0.1, 0.15) is 0 Å². The quantitative estimate of drug-likeness (QED) is 0.630. The summed E-state index contributed by atoms with van der Waals surface area (Å²) in [6.45, 7) is 5.48. The van der Waals surface area contributed by atoms with Crippen LogP contribution in [0.3, 0.4) is 0 Å². The van der Waals surface area contributed by atoms with Gasteiger partial charge in [-0.2, -0.15) is 5.10 Å². The highest BCUT2D eigenvalue weighted by Crippen LogP contribution is 2.29. The molecule has 2 aliphatic rings. The molecule has 2 aliphatic heterocycles. The zero-order valence-corrected chi connectivity index (χ0v) is 19.0. The number of anilines is 1. The Balaban J connectivity index is 1.41. The average molecular weight is 448 g/mol. The minimum Gasteiger partial charge on any atom is -0.381 e. The monoisotopic (exact) mass is 447 g/mol. The number of nitrogens with two attached hydrogens (primary N) is 1. The van der Waals surface area contributed by atoms with Crippen molar-refractivity contribution in [3.63, 3.8) is 0 Å². The van der Waals surface area contributed by atoms with E-state index in [1.165, 1.54) is 27.6 Å². The van der Waals surface area contributed by atoms with Gasteiger partial charge in [0.25, 0.3) is 5.91 Å². The minimum absolute atomic E-state index is 0.120. The number of ether oxygens (including phenoxy) is 1. The number of likely N-dealkylation sites (N-methyl/N-ethyl adjacent to an activating group) is 1. The number of rotatable bonds is 4. The standard InChI is InChI=1S/C24H29N7O2/c1-15-9-16(10-17-13-30(2)6-3-20(15)17)21-12-26-22(25)23(29-21)31-14-18(11-27-31)24(32)28-19-4-7-33-8-5-19/h9-12,14,19H,3-8,13H2,1-2H3,(H2,25,26)(H,28,32). The van der Waals surface area contributed by atoms with E-state index >= 15 is 0 Å². The van der Waals surface area contributed by atoms with Gasteiger partial charge in [-0.3, -0.25) is 4.79 Å². The first-order valence-corrected chi connectivity index (χ1v) is 11.4. The molecule has 1 saturated heterocycles. The van der Waals surface area contributed by atoms with Crippen molar-refractivity contribution in [1.82, 2.24) is 30.0 Å². The van der Waals surface area contributed by atoms with Crippen LogP contribution in [0.15, 0.2) is 30.7 Å². The van der Waals surface area contributed by atoms with Gasteiger partial charge in [0.2, 0.25) is 0 Å². The molecule has 33 heavy (non-hydrogen) atoms. The number of fused-ring (bicyclic) bond motifs is 1. The second-order valence-electron chi connectivity index (χ2n) is 8.92. The molecule has 3 N–H and O–H groups in total. The minimum atomic E-state index is -0.162. The molecular weight excluding hydrogens is 418 g/mol. The largest absolute Gasteiger partial charge is 0.381 e. The molecule has 172 valence electrons. The highest BCUT2D eigenvalue weighted by atomic mass is 16.5. The summed E-state index contributed by atoms with van der Waals surface area (Å²) < 4.78 is 6.87. The maximum absolute atomic E-state index is 12.7. The summed E-state index contributed by atoms with van der Waals surface area (Å²) >= 11 is 0. The molecule has 0 saturated carbocycles. The van der Waals surface area contributed by atoms with E-state index in [2.05, 4.69) is 46.4 Å². The zero-order chi connectivity index (χ0) is 22.9. The summed E-state index contributed by atoms with van der Waals surface area (Å²) in [5, 5.41) is 7.38. The van der Waals surface area contributed by atoms with Gasteiger partial charge >= 0.3 is 0 Å². The van der Waals surface area contributed by atoms with E-state index in [4.69, 9.17) is 15.5 Å². The number of nitrogens with zero attached hydrogens (tertiary/aromatic N) is 5. The number of nitrogen functional groups attached to an aromatic ring is 1. The van der Waals surface area contributed by atoms with Crippen molar-refractivity contribution < 1.29 is 9.53 Å². The lowest BCUT2D eigenvalue weighted by Gasteiger charge is -2.27. The average Bonchev–Trinajstić information content (AvgIpc) is 3.30. The van der Waals surface area contributed by atoms with Crippen LogP contribution in [0, 0.1) is 6.92 Å². The first kappa shape index (κ1) is 21.5. The van der Waals surface area contributed by atoms with Crippen LogP contribution in [0.4, 0.5) is 5.82 Å². The van der Waals surface area contributed by atoms with Crippen molar-refractivity contribution in [1.29, 1.82) is 0 Å². The van der Waals surface area contributed by atoms with Crippen LogP contribution in [0.5, 0.6) is 0 Å². The van der Waals surface area contributed by atoms with Crippen LogP contribution in [-0.4, -0.2) is 63.4 Å². The van der Waals surface area contributed by atoms with Crippen molar-refractivity contribution >= 4 is 11.7 Å². The van der Waals surface area contributed by atoms with Gasteiger partial charge in [-0.25, -0.2) is 14.6 Å². The number of aromatic nitrogens is 4. The topological polar surface area (TPSA) is 111 Å². The first-order valence-electron chi connectivity index (χ1n) is 11.4. The molecular formula is C24H29N7O2. The van der Waals surface area contributed by atoms with Crippen LogP contribution in [-0.2, 0) is 17.7 Å². The van der Waals surface area contributed by atoms with Crippen LogP contribution in [0.1, 0.15) is 39.9 Å². The zero-order valence-electron chi connectivity index (χ0n) is 19.0. The Morgan fingerprint density at radius 2 is 2.06 bits per heavy atom. The normalized spacial score (nSPS) is 17.0. The molecule has 0 aliphatic carbocycles. The Labute approximate surface area is 193 Å². The smallest absolute Gasteiger partial charge is 0.254 e. The second-order valence-corrected chi connectivity index (χ2v) is 8.92. The molecule has 0 radical (unpaired) electrons. The Morgan fingerprint density at radius 1 is 1.24 bits per heavy atom. The number of hydrogen-bond donors (Lipinski definition) is 2. The van der Waals surface area contributed by atoms with E-state index in [0.29, 0.717) is 24.6 Å². The van der Waals surface area contributed by atoms with Gasteiger partial charge in [0, 0.05) is 44.1 Å². The maximum atomic E-state index is 12.7. The lowest BCUT2D eigenvalue weighted by atomic mass is 9.92. The maximum Gasteiger partial charge on any atom is 0.254 e. The fourth-order valence-corrected chi connectivity index (χ4v) is 4.57. The lowest BCUT2D eigenvalue weighted by Crippen LogP contribution is -2.38. The van der Waals surface area contributed by atoms with Crippen LogP contribution < -0.4 is 11.1 Å². The van der Waals surface area contributed by atoms with E-state index in [0.717, 1.165) is 43.6 Å². The van der Waals surface area contributed by atoms with E-state index in [1.807, 2.05) is 0 Å². The number of benzene rings is 1. The lowest BCUT2D eigenvalue weighted by molar-refractivity contribution is 0.0696. The SMILES string of the molecule is Cc1cc(-c2cnc(N)c(-n3cc(C(=O)NC4CCOCC4)cn3)n2)cc2c1CCN(C)C2. The van der Waals surface area contributed by atoms with Crippen LogP contribution in [0.2, 0.25) is 0 Å². The molecule has 9 heteroatoms. The Hall–Kier alpha value is -3.30. The number of carbonyl (C=O) groups excluding carboxylic acids is 1. The molecule has 5 rings (SSSR count). The molecule has 0 atom stereocenters. The summed E-state index contributed by atoms with van der Waals surface area (Å²) in [6.07, 6.45) is 7.55. The molecule has 4 heterocycles.